The lowest BCUT2D eigenvalue weighted by Crippen LogP contribution is -2.49. The van der Waals surface area contributed by atoms with Crippen LogP contribution in [-0.4, -0.2) is 84.9 Å². The predicted molar refractivity (Wildman–Crippen MR) is 204 cm³/mol. The van der Waals surface area contributed by atoms with Crippen molar-refractivity contribution in [2.24, 2.45) is 11.8 Å². The van der Waals surface area contributed by atoms with Crippen molar-refractivity contribution in [3.8, 4) is 0 Å². The van der Waals surface area contributed by atoms with E-state index in [1.165, 1.54) is 11.0 Å². The third kappa shape index (κ3) is 10.2. The number of carboxylic acid groups (broad SMARTS) is 1. The molecule has 1 heterocycles. The Morgan fingerprint density at radius 2 is 1.54 bits per heavy atom. The highest BCUT2D eigenvalue weighted by molar-refractivity contribution is 6.25. The zero-order valence-electron chi connectivity index (χ0n) is 31.7. The SMILES string of the molecule is CNC1C=C(C(=O)O)C(=O)c2cc(F)c(N3CCN(C(=O)OCc4ccc(NC(=O)[C@@H](C)CC(=O)[C@@H](NC(=O)OCc5ccccc5)C(C)C)cc4)CC3)cc21. The Balaban J connectivity index is 1.06. The molecule has 1 aliphatic carbocycles. The van der Waals surface area contributed by atoms with E-state index in [-0.39, 0.29) is 61.6 Å². The first kappa shape index (κ1) is 41.1. The lowest BCUT2D eigenvalue weighted by molar-refractivity contribution is -0.132. The third-order valence-electron chi connectivity index (χ3n) is 9.73. The molecule has 3 aromatic carbocycles. The molecule has 0 spiro atoms. The maximum atomic E-state index is 15.3. The molecule has 1 aliphatic heterocycles. The Morgan fingerprint density at radius 1 is 0.893 bits per heavy atom. The molecule has 296 valence electrons. The second-order valence-electron chi connectivity index (χ2n) is 14.1. The van der Waals surface area contributed by atoms with Gasteiger partial charge < -0.3 is 40.3 Å². The van der Waals surface area contributed by atoms with Gasteiger partial charge in [-0.15, -0.1) is 0 Å². The number of fused-ring (bicyclic) bond motifs is 1. The third-order valence-corrected chi connectivity index (χ3v) is 9.73. The zero-order valence-corrected chi connectivity index (χ0v) is 31.7. The van der Waals surface area contributed by atoms with Crippen molar-refractivity contribution in [2.75, 3.05) is 43.4 Å². The van der Waals surface area contributed by atoms with Crippen LogP contribution >= 0.6 is 0 Å². The summed E-state index contributed by atoms with van der Waals surface area (Å²) in [7, 11) is 1.62. The monoisotopic (exact) mass is 771 g/mol. The molecule has 0 radical (unpaired) electrons. The minimum Gasteiger partial charge on any atom is -0.478 e. The lowest BCUT2D eigenvalue weighted by atomic mass is 9.86. The summed E-state index contributed by atoms with van der Waals surface area (Å²) in [4.78, 5) is 78.9. The van der Waals surface area contributed by atoms with Crippen molar-refractivity contribution in [3.05, 3.63) is 106 Å². The number of Topliss-reactive ketones (excluding diaryl/α,β-unsaturated/α-hetero) is 2. The molecule has 1 saturated heterocycles. The number of piperazine rings is 1. The minimum absolute atomic E-state index is 0.00524. The molecule has 14 nitrogen and oxygen atoms in total. The van der Waals surface area contributed by atoms with Gasteiger partial charge in [0.15, 0.2) is 5.78 Å². The number of hydrogen-bond donors (Lipinski definition) is 4. The molecule has 2 aliphatic rings. The van der Waals surface area contributed by atoms with Crippen LogP contribution in [0.3, 0.4) is 0 Å². The maximum Gasteiger partial charge on any atom is 0.410 e. The van der Waals surface area contributed by atoms with E-state index in [2.05, 4.69) is 16.0 Å². The first-order chi connectivity index (χ1) is 26.7. The van der Waals surface area contributed by atoms with E-state index in [1.54, 1.807) is 63.1 Å². The van der Waals surface area contributed by atoms with E-state index in [9.17, 15) is 33.9 Å². The van der Waals surface area contributed by atoms with Gasteiger partial charge in [0.1, 0.15) is 24.6 Å². The average molecular weight is 772 g/mol. The molecule has 0 bridgehead atoms. The highest BCUT2D eigenvalue weighted by Gasteiger charge is 2.33. The summed E-state index contributed by atoms with van der Waals surface area (Å²) in [6.45, 7) is 6.38. The van der Waals surface area contributed by atoms with Gasteiger partial charge in [0.25, 0.3) is 0 Å². The van der Waals surface area contributed by atoms with Gasteiger partial charge in [0.2, 0.25) is 11.7 Å². The topological polar surface area (TPSA) is 184 Å². The molecule has 1 fully saturated rings. The van der Waals surface area contributed by atoms with Crippen molar-refractivity contribution in [1.82, 2.24) is 15.5 Å². The van der Waals surface area contributed by atoms with Crippen molar-refractivity contribution in [3.63, 3.8) is 0 Å². The fourth-order valence-electron chi connectivity index (χ4n) is 6.51. The van der Waals surface area contributed by atoms with Crippen LogP contribution in [0, 0.1) is 17.7 Å². The van der Waals surface area contributed by atoms with E-state index in [4.69, 9.17) is 9.47 Å². The first-order valence-corrected chi connectivity index (χ1v) is 18.3. The van der Waals surface area contributed by atoms with Gasteiger partial charge in [-0.3, -0.25) is 14.4 Å². The molecule has 0 aromatic heterocycles. The molecule has 3 aromatic rings. The predicted octanol–water partition coefficient (Wildman–Crippen LogP) is 5.24. The Kier molecular flexibility index (Phi) is 13.6. The Labute approximate surface area is 324 Å². The van der Waals surface area contributed by atoms with Gasteiger partial charge in [0.05, 0.1) is 17.8 Å². The number of ketones is 2. The van der Waals surface area contributed by atoms with E-state index in [0.717, 1.165) is 11.6 Å². The van der Waals surface area contributed by atoms with E-state index in [1.807, 2.05) is 30.3 Å². The normalized spacial score (nSPS) is 16.3. The number of hydrogen-bond acceptors (Lipinski definition) is 10. The number of nitrogens with one attached hydrogen (secondary N) is 3. The van der Waals surface area contributed by atoms with Crippen LogP contribution in [0.1, 0.15) is 60.3 Å². The molecule has 1 unspecified atom stereocenters. The number of ether oxygens (including phenoxy) is 2. The zero-order chi connectivity index (χ0) is 40.5. The quantitative estimate of drug-likeness (QED) is 0.157. The summed E-state index contributed by atoms with van der Waals surface area (Å²) >= 11 is 0. The molecule has 56 heavy (non-hydrogen) atoms. The summed E-state index contributed by atoms with van der Waals surface area (Å²) in [6, 6.07) is 17.1. The Hall–Kier alpha value is -6.09. The number of benzene rings is 3. The van der Waals surface area contributed by atoms with Crippen LogP contribution in [0.4, 0.5) is 25.4 Å². The number of anilines is 2. The van der Waals surface area contributed by atoms with E-state index >= 15 is 4.39 Å². The standard InChI is InChI=1S/C41H46FN5O9/c1-24(2)36(45-40(53)55-22-26-8-6-5-7-9-26)35(48)18-25(3)38(50)44-28-12-10-27(11-13-28)23-56-41(54)47-16-14-46(15-17-47)34-21-29-30(19-32(34)42)37(49)31(39(51)52)20-33(29)43-4/h5-13,19-21,24-25,33,36,43H,14-18,22-23H2,1-4H3,(H,44,50)(H,45,53)(H,51,52)/t25-,33?,36-/m0/s1. The van der Waals surface area contributed by atoms with Gasteiger partial charge in [-0.2, -0.15) is 0 Å². The largest absolute Gasteiger partial charge is 0.478 e. The summed E-state index contributed by atoms with van der Waals surface area (Å²) in [6.07, 6.45) is -0.0384. The van der Waals surface area contributed by atoms with Crippen molar-refractivity contribution in [2.45, 2.75) is 52.5 Å². The number of aliphatic carboxylic acids is 1. The maximum absolute atomic E-state index is 15.3. The highest BCUT2D eigenvalue weighted by Crippen LogP contribution is 2.34. The number of rotatable bonds is 14. The number of carboxylic acids is 1. The molecule has 0 saturated carbocycles. The number of nitrogens with zero attached hydrogens (tertiary/aromatic N) is 2. The average Bonchev–Trinajstić information content (AvgIpc) is 3.19. The van der Waals surface area contributed by atoms with Gasteiger partial charge in [-0.05, 0) is 60.0 Å². The summed E-state index contributed by atoms with van der Waals surface area (Å²) in [5.41, 5.74) is 2.27. The summed E-state index contributed by atoms with van der Waals surface area (Å²) in [5, 5.41) is 17.8. The molecule has 3 amide bonds. The highest BCUT2D eigenvalue weighted by atomic mass is 19.1. The second-order valence-corrected chi connectivity index (χ2v) is 14.1. The van der Waals surface area contributed by atoms with Crippen LogP contribution in [0.25, 0.3) is 0 Å². The van der Waals surface area contributed by atoms with Crippen LogP contribution in [0.15, 0.2) is 78.4 Å². The molecule has 3 atom stereocenters. The summed E-state index contributed by atoms with van der Waals surface area (Å²) in [5.74, 6) is -4.37. The molecular formula is C41H46FN5O9. The smallest absolute Gasteiger partial charge is 0.410 e. The molecule has 15 heteroatoms. The lowest BCUT2D eigenvalue weighted by Gasteiger charge is -2.36. The molecule has 4 N–H and O–H groups in total. The van der Waals surface area contributed by atoms with Crippen molar-refractivity contribution < 1.29 is 47.7 Å². The van der Waals surface area contributed by atoms with Crippen molar-refractivity contribution in [1.29, 1.82) is 0 Å². The van der Waals surface area contributed by atoms with Gasteiger partial charge in [-0.1, -0.05) is 63.2 Å². The second kappa shape index (κ2) is 18.5. The number of carbonyl (C=O) groups excluding carboxylic acids is 5. The van der Waals surface area contributed by atoms with Crippen LogP contribution in [0.5, 0.6) is 0 Å². The molecule has 5 rings (SSSR count). The Morgan fingerprint density at radius 3 is 2.16 bits per heavy atom. The van der Waals surface area contributed by atoms with E-state index in [0.29, 0.717) is 29.9 Å². The van der Waals surface area contributed by atoms with Gasteiger partial charge in [-0.25, -0.2) is 18.8 Å². The van der Waals surface area contributed by atoms with Crippen LogP contribution < -0.4 is 20.9 Å². The molecular weight excluding hydrogens is 725 g/mol. The van der Waals surface area contributed by atoms with Gasteiger partial charge in [0, 0.05) is 49.8 Å². The number of halogens is 1. The Bertz CT molecular complexity index is 1980. The fourth-order valence-corrected chi connectivity index (χ4v) is 6.51. The number of carbonyl (C=O) groups is 6. The summed E-state index contributed by atoms with van der Waals surface area (Å²) < 4.78 is 26.0. The van der Waals surface area contributed by atoms with Gasteiger partial charge >= 0.3 is 18.2 Å². The minimum atomic E-state index is -1.38. The number of alkyl carbamates (subject to hydrolysis) is 1. The van der Waals surface area contributed by atoms with Crippen molar-refractivity contribution >= 4 is 47.0 Å². The first-order valence-electron chi connectivity index (χ1n) is 18.3. The van der Waals surface area contributed by atoms with Crippen LogP contribution in [0.2, 0.25) is 0 Å². The fraction of sp³-hybridized carbons (Fsp3) is 0.366. The van der Waals surface area contributed by atoms with E-state index < -0.39 is 53.3 Å². The number of amides is 3. The number of likely N-dealkylation sites (N-methyl/N-ethyl adjacent to an activating group) is 1. The van der Waals surface area contributed by atoms with Crippen LogP contribution in [-0.2, 0) is 37.1 Å².